The van der Waals surface area contributed by atoms with Crippen molar-refractivity contribution in [2.45, 2.75) is 44.1 Å². The van der Waals surface area contributed by atoms with E-state index in [4.69, 9.17) is 15.5 Å². The smallest absolute Gasteiger partial charge is 0.351 e. The minimum Gasteiger partial charge on any atom is -0.383 e. The molecule has 2 aliphatic rings. The number of aromatic nitrogens is 3. The predicted molar refractivity (Wildman–Crippen MR) is 83.9 cm³/mol. The van der Waals surface area contributed by atoms with Crippen LogP contribution < -0.4 is 11.4 Å². The Morgan fingerprint density at radius 1 is 1.18 bits per heavy atom. The molecule has 116 valence electrons. The maximum absolute atomic E-state index is 12.4. The summed E-state index contributed by atoms with van der Waals surface area (Å²) in [4.78, 5) is 21.2. The van der Waals surface area contributed by atoms with Crippen molar-refractivity contribution < 1.29 is 4.74 Å². The number of anilines is 1. The first-order valence-corrected chi connectivity index (χ1v) is 8.00. The van der Waals surface area contributed by atoms with Crippen LogP contribution in [0.25, 0.3) is 11.0 Å². The van der Waals surface area contributed by atoms with Crippen LogP contribution in [0.2, 0.25) is 0 Å². The Morgan fingerprint density at radius 3 is 2.86 bits per heavy atom. The second-order valence-electron chi connectivity index (χ2n) is 6.26. The van der Waals surface area contributed by atoms with Crippen molar-refractivity contribution in [3.63, 3.8) is 0 Å². The molecule has 0 amide bonds. The lowest BCUT2D eigenvalue weighted by molar-refractivity contribution is 0.118. The fraction of sp³-hybridized carbons (Fsp3) is 0.562. The van der Waals surface area contributed by atoms with Crippen LogP contribution in [0.4, 0.5) is 5.82 Å². The standard InChI is InChI=1S/C16H20N4O2/c17-14-12-6-7-13(10-4-5-10)18-15(12)20(16(21)19-14)11-3-1-2-8-22-9-11/h6-7,10-11H,1-5,8-9H2,(H2,17,19,21). The van der Waals surface area contributed by atoms with Crippen LogP contribution in [-0.2, 0) is 4.74 Å². The third kappa shape index (κ3) is 2.37. The summed E-state index contributed by atoms with van der Waals surface area (Å²) in [6, 6.07) is 3.95. The van der Waals surface area contributed by atoms with E-state index in [0.29, 0.717) is 18.2 Å². The molecule has 6 nitrogen and oxygen atoms in total. The van der Waals surface area contributed by atoms with Crippen molar-refractivity contribution >= 4 is 16.9 Å². The van der Waals surface area contributed by atoms with Crippen molar-refractivity contribution in [2.24, 2.45) is 0 Å². The Labute approximate surface area is 128 Å². The third-order valence-electron chi connectivity index (χ3n) is 4.57. The molecule has 0 radical (unpaired) electrons. The van der Waals surface area contributed by atoms with E-state index in [1.165, 1.54) is 12.8 Å². The Bertz CT molecular complexity index is 759. The zero-order valence-electron chi connectivity index (χ0n) is 12.5. The highest BCUT2D eigenvalue weighted by Gasteiger charge is 2.27. The Hall–Kier alpha value is -1.95. The molecule has 1 unspecified atom stereocenters. The monoisotopic (exact) mass is 300 g/mol. The van der Waals surface area contributed by atoms with Gasteiger partial charge in [0.1, 0.15) is 11.5 Å². The van der Waals surface area contributed by atoms with E-state index < -0.39 is 0 Å². The zero-order chi connectivity index (χ0) is 15.1. The molecule has 2 fully saturated rings. The summed E-state index contributed by atoms with van der Waals surface area (Å²) in [5.74, 6) is 0.799. The van der Waals surface area contributed by atoms with Gasteiger partial charge in [0.15, 0.2) is 0 Å². The molecule has 2 N–H and O–H groups in total. The second-order valence-corrected chi connectivity index (χ2v) is 6.26. The highest BCUT2D eigenvalue weighted by molar-refractivity contribution is 5.85. The summed E-state index contributed by atoms with van der Waals surface area (Å²) in [5.41, 5.74) is 7.33. The first kappa shape index (κ1) is 13.7. The van der Waals surface area contributed by atoms with Crippen molar-refractivity contribution in [3.8, 4) is 0 Å². The average molecular weight is 300 g/mol. The largest absolute Gasteiger partial charge is 0.383 e. The van der Waals surface area contributed by atoms with Gasteiger partial charge in [-0.05, 0) is 44.2 Å². The van der Waals surface area contributed by atoms with E-state index in [0.717, 1.165) is 36.9 Å². The molecule has 0 spiro atoms. The van der Waals surface area contributed by atoms with Crippen LogP contribution in [0.1, 0.15) is 49.8 Å². The first-order valence-electron chi connectivity index (χ1n) is 8.00. The van der Waals surface area contributed by atoms with Crippen molar-refractivity contribution in [3.05, 3.63) is 28.3 Å². The number of nitrogen functional groups attached to an aromatic ring is 1. The average Bonchev–Trinajstić information content (AvgIpc) is 3.34. The fourth-order valence-electron chi connectivity index (χ4n) is 3.18. The zero-order valence-corrected chi connectivity index (χ0v) is 12.5. The van der Waals surface area contributed by atoms with Crippen molar-refractivity contribution in [1.29, 1.82) is 0 Å². The van der Waals surface area contributed by atoms with Crippen LogP contribution in [-0.4, -0.2) is 27.7 Å². The third-order valence-corrected chi connectivity index (χ3v) is 4.57. The Balaban J connectivity index is 1.90. The maximum atomic E-state index is 12.4. The van der Waals surface area contributed by atoms with Gasteiger partial charge in [0, 0.05) is 18.2 Å². The second kappa shape index (κ2) is 5.35. The molecule has 3 heterocycles. The van der Waals surface area contributed by atoms with Gasteiger partial charge in [-0.25, -0.2) is 9.78 Å². The molecular weight excluding hydrogens is 280 g/mol. The van der Waals surface area contributed by atoms with Crippen LogP contribution in [0.3, 0.4) is 0 Å². The van der Waals surface area contributed by atoms with E-state index in [1.54, 1.807) is 4.57 Å². The van der Waals surface area contributed by atoms with Gasteiger partial charge < -0.3 is 10.5 Å². The van der Waals surface area contributed by atoms with Gasteiger partial charge in [-0.15, -0.1) is 0 Å². The Morgan fingerprint density at radius 2 is 2.05 bits per heavy atom. The van der Waals surface area contributed by atoms with E-state index in [-0.39, 0.29) is 17.5 Å². The molecule has 1 aliphatic heterocycles. The van der Waals surface area contributed by atoms with Crippen LogP contribution >= 0.6 is 0 Å². The molecule has 1 saturated carbocycles. The van der Waals surface area contributed by atoms with Gasteiger partial charge in [-0.1, -0.05) is 0 Å². The molecule has 22 heavy (non-hydrogen) atoms. The molecule has 4 rings (SSSR count). The SMILES string of the molecule is Nc1nc(=O)n(C2CCCCOC2)c2nc(C3CC3)ccc12. The number of pyridine rings is 1. The van der Waals surface area contributed by atoms with Gasteiger partial charge in [0.05, 0.1) is 18.0 Å². The molecular formula is C16H20N4O2. The number of hydrogen-bond donors (Lipinski definition) is 1. The lowest BCUT2D eigenvalue weighted by Gasteiger charge is -2.19. The first-order chi connectivity index (χ1) is 10.7. The molecule has 0 bridgehead atoms. The van der Waals surface area contributed by atoms with Crippen LogP contribution in [0.5, 0.6) is 0 Å². The molecule has 2 aromatic heterocycles. The lowest BCUT2D eigenvalue weighted by Crippen LogP contribution is -2.31. The van der Waals surface area contributed by atoms with Gasteiger partial charge >= 0.3 is 5.69 Å². The Kier molecular flexibility index (Phi) is 3.33. The molecule has 1 atom stereocenters. The normalized spacial score (nSPS) is 22.6. The van der Waals surface area contributed by atoms with E-state index in [1.807, 2.05) is 12.1 Å². The minimum atomic E-state index is -0.319. The molecule has 1 aliphatic carbocycles. The topological polar surface area (TPSA) is 83.0 Å². The van der Waals surface area contributed by atoms with Crippen LogP contribution in [0.15, 0.2) is 16.9 Å². The minimum absolute atomic E-state index is 0.00690. The lowest BCUT2D eigenvalue weighted by atomic mass is 10.1. The summed E-state index contributed by atoms with van der Waals surface area (Å²) in [7, 11) is 0. The van der Waals surface area contributed by atoms with Crippen LogP contribution in [0, 0.1) is 0 Å². The molecule has 6 heteroatoms. The van der Waals surface area contributed by atoms with Crippen molar-refractivity contribution in [1.82, 2.24) is 14.5 Å². The summed E-state index contributed by atoms with van der Waals surface area (Å²) >= 11 is 0. The predicted octanol–water partition coefficient (Wildman–Crippen LogP) is 1.99. The maximum Gasteiger partial charge on any atom is 0.351 e. The van der Waals surface area contributed by atoms with E-state index in [2.05, 4.69) is 4.98 Å². The van der Waals surface area contributed by atoms with Gasteiger partial charge in [0.2, 0.25) is 0 Å². The summed E-state index contributed by atoms with van der Waals surface area (Å²) in [6.45, 7) is 1.29. The summed E-state index contributed by atoms with van der Waals surface area (Å²) in [5, 5.41) is 0.758. The van der Waals surface area contributed by atoms with Gasteiger partial charge in [-0.2, -0.15) is 4.98 Å². The molecule has 0 aromatic carbocycles. The van der Waals surface area contributed by atoms with E-state index >= 15 is 0 Å². The number of hydrogen-bond acceptors (Lipinski definition) is 5. The highest BCUT2D eigenvalue weighted by Crippen LogP contribution is 2.39. The summed E-state index contributed by atoms with van der Waals surface area (Å²) < 4.78 is 7.34. The number of fused-ring (bicyclic) bond motifs is 1. The van der Waals surface area contributed by atoms with Gasteiger partial charge in [-0.3, -0.25) is 4.57 Å². The quantitative estimate of drug-likeness (QED) is 0.917. The molecule has 1 saturated heterocycles. The van der Waals surface area contributed by atoms with Gasteiger partial charge in [0.25, 0.3) is 0 Å². The number of nitrogens with two attached hydrogens (primary N) is 1. The molecule has 2 aromatic rings. The fourth-order valence-corrected chi connectivity index (χ4v) is 3.18. The number of rotatable bonds is 2. The highest BCUT2D eigenvalue weighted by atomic mass is 16.5. The van der Waals surface area contributed by atoms with Crippen molar-refractivity contribution in [2.75, 3.05) is 18.9 Å². The van der Waals surface area contributed by atoms with E-state index in [9.17, 15) is 4.79 Å². The summed E-state index contributed by atoms with van der Waals surface area (Å²) in [6.07, 6.45) is 5.35. The number of nitrogens with zero attached hydrogens (tertiary/aromatic N) is 3. The number of ether oxygens (including phenoxy) is 1.